The van der Waals surface area contributed by atoms with Crippen LogP contribution in [0.5, 0.6) is 0 Å². The van der Waals surface area contributed by atoms with Crippen molar-refractivity contribution in [3.05, 3.63) is 47.0 Å². The summed E-state index contributed by atoms with van der Waals surface area (Å²) in [5, 5.41) is 0. The highest BCUT2D eigenvalue weighted by atomic mass is 16.1. The zero-order valence-electron chi connectivity index (χ0n) is 9.12. The van der Waals surface area contributed by atoms with Crippen LogP contribution in [0.1, 0.15) is 41.3 Å². The summed E-state index contributed by atoms with van der Waals surface area (Å²) in [6, 6.07) is 6.13. The summed E-state index contributed by atoms with van der Waals surface area (Å²) in [4.78, 5) is 11.6. The van der Waals surface area contributed by atoms with Crippen molar-refractivity contribution in [2.75, 3.05) is 0 Å². The van der Waals surface area contributed by atoms with Gasteiger partial charge in [0, 0.05) is 5.56 Å². The average molecular weight is 200 g/mol. The summed E-state index contributed by atoms with van der Waals surface area (Å²) in [5.74, 6) is 0.117. The molecule has 0 N–H and O–H groups in total. The summed E-state index contributed by atoms with van der Waals surface area (Å²) in [7, 11) is 0. The SMILES string of the molecule is C/C=C/C(=O)c1ccc2c(c1)CCCC2. The lowest BCUT2D eigenvalue weighted by molar-refractivity contribution is 0.104. The first-order chi connectivity index (χ1) is 7.31. The second-order valence-corrected chi connectivity index (χ2v) is 4.05. The maximum atomic E-state index is 11.6. The quantitative estimate of drug-likeness (QED) is 0.528. The van der Waals surface area contributed by atoms with Crippen LogP contribution in [0, 0.1) is 0 Å². The first-order valence-corrected chi connectivity index (χ1v) is 5.60. The third kappa shape index (κ3) is 2.17. The fourth-order valence-corrected chi connectivity index (χ4v) is 2.13. The molecule has 2 rings (SSSR count). The molecule has 0 amide bonds. The molecule has 0 bridgehead atoms. The van der Waals surface area contributed by atoms with Crippen molar-refractivity contribution >= 4 is 5.78 Å². The van der Waals surface area contributed by atoms with Gasteiger partial charge in [0.05, 0.1) is 0 Å². The second-order valence-electron chi connectivity index (χ2n) is 4.05. The lowest BCUT2D eigenvalue weighted by Crippen LogP contribution is -2.04. The summed E-state index contributed by atoms with van der Waals surface area (Å²) in [6.07, 6.45) is 8.27. The Balaban J connectivity index is 2.31. The van der Waals surface area contributed by atoms with Gasteiger partial charge >= 0.3 is 0 Å². The van der Waals surface area contributed by atoms with Crippen molar-refractivity contribution in [2.24, 2.45) is 0 Å². The second kappa shape index (κ2) is 4.43. The third-order valence-corrected chi connectivity index (χ3v) is 2.95. The zero-order valence-corrected chi connectivity index (χ0v) is 9.12. The summed E-state index contributed by atoms with van der Waals surface area (Å²) >= 11 is 0. The molecule has 78 valence electrons. The number of ketones is 1. The summed E-state index contributed by atoms with van der Waals surface area (Å²) < 4.78 is 0. The minimum Gasteiger partial charge on any atom is -0.289 e. The fourth-order valence-electron chi connectivity index (χ4n) is 2.13. The van der Waals surface area contributed by atoms with Gasteiger partial charge in [-0.25, -0.2) is 0 Å². The van der Waals surface area contributed by atoms with Crippen LogP contribution in [0.2, 0.25) is 0 Å². The van der Waals surface area contributed by atoms with Gasteiger partial charge in [0.2, 0.25) is 0 Å². The Labute approximate surface area is 90.8 Å². The van der Waals surface area contributed by atoms with Crippen molar-refractivity contribution in [1.29, 1.82) is 0 Å². The molecule has 15 heavy (non-hydrogen) atoms. The van der Waals surface area contributed by atoms with E-state index in [9.17, 15) is 4.79 Å². The summed E-state index contributed by atoms with van der Waals surface area (Å²) in [5.41, 5.74) is 3.63. The predicted molar refractivity (Wildman–Crippen MR) is 62.2 cm³/mol. The van der Waals surface area contributed by atoms with Gasteiger partial charge in [0.25, 0.3) is 0 Å². The molecule has 1 aromatic carbocycles. The number of fused-ring (bicyclic) bond motifs is 1. The number of benzene rings is 1. The van der Waals surface area contributed by atoms with Crippen LogP contribution in [0.25, 0.3) is 0 Å². The molecule has 0 aromatic heterocycles. The van der Waals surface area contributed by atoms with Crippen molar-refractivity contribution < 1.29 is 4.79 Å². The normalized spacial score (nSPS) is 15.3. The number of allylic oxidation sites excluding steroid dienone is 2. The molecular weight excluding hydrogens is 184 g/mol. The van der Waals surface area contributed by atoms with Gasteiger partial charge in [-0.1, -0.05) is 18.2 Å². The minimum atomic E-state index is 0.117. The number of hydrogen-bond acceptors (Lipinski definition) is 1. The maximum absolute atomic E-state index is 11.6. The standard InChI is InChI=1S/C14H16O/c1-2-5-14(15)13-9-8-11-6-3-4-7-12(11)10-13/h2,5,8-10H,3-4,6-7H2,1H3/b5-2+. The molecule has 0 saturated carbocycles. The van der Waals surface area contributed by atoms with Gasteiger partial charge in [0.1, 0.15) is 0 Å². The van der Waals surface area contributed by atoms with E-state index in [0.29, 0.717) is 0 Å². The first-order valence-electron chi connectivity index (χ1n) is 5.60. The van der Waals surface area contributed by atoms with E-state index >= 15 is 0 Å². The topological polar surface area (TPSA) is 17.1 Å². The Hall–Kier alpha value is -1.37. The van der Waals surface area contributed by atoms with Gasteiger partial charge in [0.15, 0.2) is 5.78 Å². The van der Waals surface area contributed by atoms with Gasteiger partial charge in [-0.15, -0.1) is 0 Å². The zero-order chi connectivity index (χ0) is 10.7. The molecular formula is C14H16O. The van der Waals surface area contributed by atoms with Crippen LogP contribution in [0.15, 0.2) is 30.4 Å². The van der Waals surface area contributed by atoms with E-state index in [4.69, 9.17) is 0 Å². The Kier molecular flexibility index (Phi) is 3.00. The number of carbonyl (C=O) groups excluding carboxylic acids is 1. The van der Waals surface area contributed by atoms with Crippen LogP contribution in [0.3, 0.4) is 0 Å². The molecule has 1 aliphatic rings. The van der Waals surface area contributed by atoms with E-state index in [1.807, 2.05) is 13.0 Å². The van der Waals surface area contributed by atoms with Gasteiger partial charge in [-0.2, -0.15) is 0 Å². The molecule has 1 aromatic rings. The Morgan fingerprint density at radius 3 is 2.67 bits per heavy atom. The molecule has 0 fully saturated rings. The molecule has 0 spiro atoms. The van der Waals surface area contributed by atoms with E-state index in [1.54, 1.807) is 12.2 Å². The molecule has 0 saturated heterocycles. The molecule has 0 unspecified atom stereocenters. The molecule has 0 atom stereocenters. The van der Waals surface area contributed by atoms with Crippen molar-refractivity contribution in [1.82, 2.24) is 0 Å². The molecule has 1 nitrogen and oxygen atoms in total. The largest absolute Gasteiger partial charge is 0.289 e. The Morgan fingerprint density at radius 2 is 1.93 bits per heavy atom. The lowest BCUT2D eigenvalue weighted by atomic mass is 9.90. The minimum absolute atomic E-state index is 0.117. The molecule has 0 aliphatic heterocycles. The Bertz CT molecular complexity index is 402. The fraction of sp³-hybridized carbons (Fsp3) is 0.357. The number of carbonyl (C=O) groups is 1. The van der Waals surface area contributed by atoms with Crippen molar-refractivity contribution in [3.63, 3.8) is 0 Å². The van der Waals surface area contributed by atoms with E-state index in [-0.39, 0.29) is 5.78 Å². The van der Waals surface area contributed by atoms with E-state index in [0.717, 1.165) is 12.0 Å². The van der Waals surface area contributed by atoms with Crippen LogP contribution in [0.4, 0.5) is 0 Å². The lowest BCUT2D eigenvalue weighted by Gasteiger charge is -2.15. The average Bonchev–Trinajstić information content (AvgIpc) is 2.29. The smallest absolute Gasteiger partial charge is 0.185 e. The van der Waals surface area contributed by atoms with Gasteiger partial charge < -0.3 is 0 Å². The van der Waals surface area contributed by atoms with Crippen LogP contribution >= 0.6 is 0 Å². The van der Waals surface area contributed by atoms with Crippen LogP contribution in [-0.4, -0.2) is 5.78 Å². The van der Waals surface area contributed by atoms with Crippen LogP contribution in [-0.2, 0) is 12.8 Å². The molecule has 1 heteroatoms. The monoisotopic (exact) mass is 200 g/mol. The van der Waals surface area contributed by atoms with E-state index in [1.165, 1.54) is 30.4 Å². The molecule has 0 heterocycles. The van der Waals surface area contributed by atoms with E-state index in [2.05, 4.69) is 12.1 Å². The van der Waals surface area contributed by atoms with Crippen LogP contribution < -0.4 is 0 Å². The third-order valence-electron chi connectivity index (χ3n) is 2.95. The Morgan fingerprint density at radius 1 is 1.20 bits per heavy atom. The van der Waals surface area contributed by atoms with Gasteiger partial charge in [-0.3, -0.25) is 4.79 Å². The number of hydrogen-bond donors (Lipinski definition) is 0. The number of rotatable bonds is 2. The predicted octanol–water partition coefficient (Wildman–Crippen LogP) is 3.32. The maximum Gasteiger partial charge on any atom is 0.185 e. The highest BCUT2D eigenvalue weighted by molar-refractivity contribution is 6.04. The molecule has 1 aliphatic carbocycles. The van der Waals surface area contributed by atoms with Crippen molar-refractivity contribution in [2.45, 2.75) is 32.6 Å². The first kappa shape index (κ1) is 10.2. The van der Waals surface area contributed by atoms with Gasteiger partial charge in [-0.05, 0) is 55.9 Å². The number of aryl methyl sites for hydroxylation is 2. The highest BCUT2D eigenvalue weighted by Crippen LogP contribution is 2.22. The van der Waals surface area contributed by atoms with Crippen molar-refractivity contribution in [3.8, 4) is 0 Å². The highest BCUT2D eigenvalue weighted by Gasteiger charge is 2.11. The summed E-state index contributed by atoms with van der Waals surface area (Å²) in [6.45, 7) is 1.87. The van der Waals surface area contributed by atoms with E-state index < -0.39 is 0 Å². The molecule has 0 radical (unpaired) electrons.